The SMILES string of the molecule is CCOC(=O)C(NC)c1ccc(OC)cc1Cl. The molecule has 0 aliphatic carbocycles. The number of methoxy groups -OCH3 is 1. The largest absolute Gasteiger partial charge is 0.497 e. The third kappa shape index (κ3) is 3.35. The van der Waals surface area contributed by atoms with Crippen molar-refractivity contribution in [1.29, 1.82) is 0 Å². The topological polar surface area (TPSA) is 47.6 Å². The summed E-state index contributed by atoms with van der Waals surface area (Å²) >= 11 is 6.10. The number of halogens is 1. The third-order valence-corrected chi connectivity index (χ3v) is 2.66. The van der Waals surface area contributed by atoms with Crippen molar-refractivity contribution in [2.24, 2.45) is 0 Å². The number of ether oxygens (including phenoxy) is 2. The molecule has 1 atom stereocenters. The second-order valence-electron chi connectivity index (χ2n) is 3.36. The number of likely N-dealkylation sites (N-methyl/N-ethyl adjacent to an activating group) is 1. The average Bonchev–Trinajstić information content (AvgIpc) is 2.32. The van der Waals surface area contributed by atoms with Gasteiger partial charge < -0.3 is 14.8 Å². The molecule has 1 aromatic rings. The molecule has 4 nitrogen and oxygen atoms in total. The number of hydrogen-bond acceptors (Lipinski definition) is 4. The Labute approximate surface area is 106 Å². The summed E-state index contributed by atoms with van der Waals surface area (Å²) < 4.78 is 10.0. The van der Waals surface area contributed by atoms with E-state index in [2.05, 4.69) is 5.32 Å². The molecule has 0 aromatic heterocycles. The molecule has 0 saturated carbocycles. The molecular weight excluding hydrogens is 242 g/mol. The summed E-state index contributed by atoms with van der Waals surface area (Å²) in [5.74, 6) is 0.305. The number of nitrogens with one attached hydrogen (secondary N) is 1. The first-order valence-corrected chi connectivity index (χ1v) is 5.69. The van der Waals surface area contributed by atoms with E-state index in [1.54, 1.807) is 39.3 Å². The highest BCUT2D eigenvalue weighted by atomic mass is 35.5. The fourth-order valence-electron chi connectivity index (χ4n) is 1.49. The summed E-state index contributed by atoms with van der Waals surface area (Å²) in [4.78, 5) is 11.7. The Morgan fingerprint density at radius 2 is 2.24 bits per heavy atom. The van der Waals surface area contributed by atoms with E-state index in [4.69, 9.17) is 21.1 Å². The fourth-order valence-corrected chi connectivity index (χ4v) is 1.77. The molecule has 1 N–H and O–H groups in total. The monoisotopic (exact) mass is 257 g/mol. The van der Waals surface area contributed by atoms with E-state index in [-0.39, 0.29) is 5.97 Å². The lowest BCUT2D eigenvalue weighted by Crippen LogP contribution is -2.27. The van der Waals surface area contributed by atoms with Crippen molar-refractivity contribution in [3.8, 4) is 5.75 Å². The van der Waals surface area contributed by atoms with Crippen LogP contribution >= 0.6 is 11.6 Å². The van der Waals surface area contributed by atoms with Crippen LogP contribution in [-0.4, -0.2) is 26.7 Å². The third-order valence-electron chi connectivity index (χ3n) is 2.33. The van der Waals surface area contributed by atoms with Crippen LogP contribution in [0.3, 0.4) is 0 Å². The summed E-state index contributed by atoms with van der Waals surface area (Å²) in [6.07, 6.45) is 0. The first-order valence-electron chi connectivity index (χ1n) is 5.31. The lowest BCUT2D eigenvalue weighted by molar-refractivity contribution is -0.145. The van der Waals surface area contributed by atoms with Crippen LogP contribution in [0.4, 0.5) is 0 Å². The Morgan fingerprint density at radius 1 is 1.53 bits per heavy atom. The normalized spacial score (nSPS) is 12.0. The van der Waals surface area contributed by atoms with Gasteiger partial charge in [0.1, 0.15) is 11.8 Å². The Morgan fingerprint density at radius 3 is 2.71 bits per heavy atom. The van der Waals surface area contributed by atoms with Gasteiger partial charge in [-0.2, -0.15) is 0 Å². The Bertz CT molecular complexity index is 395. The summed E-state index contributed by atoms with van der Waals surface area (Å²) in [7, 11) is 3.24. The quantitative estimate of drug-likeness (QED) is 0.822. The van der Waals surface area contributed by atoms with Gasteiger partial charge in [-0.05, 0) is 31.7 Å². The van der Waals surface area contributed by atoms with Gasteiger partial charge in [0.05, 0.1) is 13.7 Å². The molecule has 94 valence electrons. The molecule has 0 radical (unpaired) electrons. The first kappa shape index (κ1) is 13.8. The zero-order valence-corrected chi connectivity index (χ0v) is 10.9. The Hall–Kier alpha value is -1.26. The fraction of sp³-hybridized carbons (Fsp3) is 0.417. The summed E-state index contributed by atoms with van der Waals surface area (Å²) in [5, 5.41) is 3.35. The summed E-state index contributed by atoms with van der Waals surface area (Å²) in [5.41, 5.74) is 0.674. The summed E-state index contributed by atoms with van der Waals surface area (Å²) in [6.45, 7) is 2.10. The molecule has 0 spiro atoms. The Kier molecular flexibility index (Phi) is 5.25. The second kappa shape index (κ2) is 6.47. The first-order chi connectivity index (χ1) is 8.13. The molecule has 5 heteroatoms. The molecule has 0 amide bonds. The minimum Gasteiger partial charge on any atom is -0.497 e. The van der Waals surface area contributed by atoms with Gasteiger partial charge in [0.15, 0.2) is 0 Å². The molecule has 0 saturated heterocycles. The van der Waals surface area contributed by atoms with Crippen LogP contribution in [0.25, 0.3) is 0 Å². The molecule has 1 unspecified atom stereocenters. The molecular formula is C12H16ClNO3. The van der Waals surface area contributed by atoms with Crippen LogP contribution in [-0.2, 0) is 9.53 Å². The van der Waals surface area contributed by atoms with E-state index in [0.717, 1.165) is 0 Å². The molecule has 0 aliphatic heterocycles. The van der Waals surface area contributed by atoms with Crippen molar-refractivity contribution in [3.63, 3.8) is 0 Å². The van der Waals surface area contributed by atoms with Crippen LogP contribution in [0.5, 0.6) is 5.75 Å². The highest BCUT2D eigenvalue weighted by Crippen LogP contribution is 2.27. The van der Waals surface area contributed by atoms with Crippen LogP contribution in [0.1, 0.15) is 18.5 Å². The van der Waals surface area contributed by atoms with Gasteiger partial charge in [-0.25, -0.2) is 4.79 Å². The zero-order chi connectivity index (χ0) is 12.8. The molecule has 1 rings (SSSR count). The van der Waals surface area contributed by atoms with E-state index >= 15 is 0 Å². The van der Waals surface area contributed by atoms with Crippen molar-refractivity contribution < 1.29 is 14.3 Å². The smallest absolute Gasteiger partial charge is 0.327 e. The predicted molar refractivity (Wildman–Crippen MR) is 66.4 cm³/mol. The van der Waals surface area contributed by atoms with Gasteiger partial charge in [-0.3, -0.25) is 0 Å². The van der Waals surface area contributed by atoms with Crippen molar-refractivity contribution in [1.82, 2.24) is 5.32 Å². The standard InChI is InChI=1S/C12H16ClNO3/c1-4-17-12(15)11(14-2)9-6-5-8(16-3)7-10(9)13/h5-7,11,14H,4H2,1-3H3. The highest BCUT2D eigenvalue weighted by molar-refractivity contribution is 6.31. The molecule has 0 fully saturated rings. The van der Waals surface area contributed by atoms with Crippen LogP contribution in [0, 0.1) is 0 Å². The number of carbonyl (C=O) groups excluding carboxylic acids is 1. The number of rotatable bonds is 5. The van der Waals surface area contributed by atoms with Crippen molar-refractivity contribution >= 4 is 17.6 Å². The van der Waals surface area contributed by atoms with Crippen molar-refractivity contribution in [3.05, 3.63) is 28.8 Å². The average molecular weight is 258 g/mol. The lowest BCUT2D eigenvalue weighted by atomic mass is 10.1. The Balaban J connectivity index is 2.99. The maximum Gasteiger partial charge on any atom is 0.327 e. The number of hydrogen-bond donors (Lipinski definition) is 1. The van der Waals surface area contributed by atoms with Crippen molar-refractivity contribution in [2.75, 3.05) is 20.8 Å². The van der Waals surface area contributed by atoms with E-state index in [0.29, 0.717) is 22.9 Å². The number of esters is 1. The molecule has 17 heavy (non-hydrogen) atoms. The lowest BCUT2D eigenvalue weighted by Gasteiger charge is -2.16. The minimum atomic E-state index is -0.562. The van der Waals surface area contributed by atoms with Gasteiger partial charge >= 0.3 is 5.97 Å². The molecule has 0 aliphatic rings. The van der Waals surface area contributed by atoms with E-state index in [1.165, 1.54) is 0 Å². The summed E-state index contributed by atoms with van der Waals surface area (Å²) in [6, 6.07) is 4.61. The predicted octanol–water partition coefficient (Wildman–Crippen LogP) is 2.17. The number of benzene rings is 1. The molecule has 0 heterocycles. The van der Waals surface area contributed by atoms with Crippen LogP contribution < -0.4 is 10.1 Å². The van der Waals surface area contributed by atoms with Gasteiger partial charge in [-0.15, -0.1) is 0 Å². The number of carbonyl (C=O) groups is 1. The van der Waals surface area contributed by atoms with Crippen LogP contribution in [0.15, 0.2) is 18.2 Å². The van der Waals surface area contributed by atoms with E-state index in [1.807, 2.05) is 0 Å². The maximum atomic E-state index is 11.7. The molecule has 1 aromatic carbocycles. The van der Waals surface area contributed by atoms with Gasteiger partial charge in [-0.1, -0.05) is 17.7 Å². The molecule has 0 bridgehead atoms. The second-order valence-corrected chi connectivity index (χ2v) is 3.77. The zero-order valence-electron chi connectivity index (χ0n) is 10.1. The highest BCUT2D eigenvalue weighted by Gasteiger charge is 2.22. The minimum absolute atomic E-state index is 0.338. The van der Waals surface area contributed by atoms with Gasteiger partial charge in [0.2, 0.25) is 0 Å². The van der Waals surface area contributed by atoms with Crippen LogP contribution in [0.2, 0.25) is 5.02 Å². The van der Waals surface area contributed by atoms with Gasteiger partial charge in [0, 0.05) is 5.02 Å². The van der Waals surface area contributed by atoms with E-state index < -0.39 is 6.04 Å². The van der Waals surface area contributed by atoms with Gasteiger partial charge in [0.25, 0.3) is 0 Å². The van der Waals surface area contributed by atoms with Crippen molar-refractivity contribution in [2.45, 2.75) is 13.0 Å². The van der Waals surface area contributed by atoms with E-state index in [9.17, 15) is 4.79 Å². The maximum absolute atomic E-state index is 11.7.